The molecule has 0 saturated heterocycles. The van der Waals surface area contributed by atoms with Gasteiger partial charge in [0.15, 0.2) is 0 Å². The summed E-state index contributed by atoms with van der Waals surface area (Å²) in [6, 6.07) is 7.98. The van der Waals surface area contributed by atoms with Gasteiger partial charge in [-0.15, -0.1) is 0 Å². The molecule has 0 atom stereocenters. The molecule has 2 aromatic carbocycles. The first-order chi connectivity index (χ1) is 12.8. The lowest BCUT2D eigenvalue weighted by atomic mass is 9.81. The average molecular weight is 385 g/mol. The van der Waals surface area contributed by atoms with E-state index in [1.165, 1.54) is 0 Å². The number of hydrogen-bond acceptors (Lipinski definition) is 3. The second-order valence-corrected chi connectivity index (χ2v) is 9.84. The molecule has 3 nitrogen and oxygen atoms in total. The molecule has 3 heteroatoms. The SMILES string of the molecule is CCOC(c1cc(C)cc(C(C)(C)C)c1O)c1cc(C)cc(C(C)(C)C)c1O. The van der Waals surface area contributed by atoms with E-state index in [0.717, 1.165) is 22.3 Å². The van der Waals surface area contributed by atoms with Crippen LogP contribution in [0.1, 0.15) is 88.0 Å². The first kappa shape index (κ1) is 22.3. The van der Waals surface area contributed by atoms with E-state index in [1.807, 2.05) is 45.0 Å². The highest BCUT2D eigenvalue weighted by atomic mass is 16.5. The van der Waals surface area contributed by atoms with Crippen molar-refractivity contribution in [2.75, 3.05) is 6.61 Å². The highest BCUT2D eigenvalue weighted by molar-refractivity contribution is 5.55. The van der Waals surface area contributed by atoms with Crippen LogP contribution in [0.3, 0.4) is 0 Å². The number of ether oxygens (including phenoxy) is 1. The number of phenols is 2. The third-order valence-electron chi connectivity index (χ3n) is 5.08. The van der Waals surface area contributed by atoms with E-state index in [4.69, 9.17) is 4.74 Å². The molecule has 2 rings (SSSR count). The molecule has 28 heavy (non-hydrogen) atoms. The van der Waals surface area contributed by atoms with E-state index in [9.17, 15) is 10.2 Å². The van der Waals surface area contributed by atoms with Gasteiger partial charge in [-0.3, -0.25) is 0 Å². The molecule has 154 valence electrons. The van der Waals surface area contributed by atoms with Gasteiger partial charge in [0.1, 0.15) is 17.6 Å². The highest BCUT2D eigenvalue weighted by Crippen LogP contribution is 2.44. The smallest absolute Gasteiger partial charge is 0.125 e. The molecule has 0 fully saturated rings. The minimum absolute atomic E-state index is 0.202. The van der Waals surface area contributed by atoms with Crippen LogP contribution in [-0.4, -0.2) is 16.8 Å². The summed E-state index contributed by atoms with van der Waals surface area (Å²) < 4.78 is 6.10. The fourth-order valence-corrected chi connectivity index (χ4v) is 3.67. The Morgan fingerprint density at radius 2 is 1.11 bits per heavy atom. The second kappa shape index (κ2) is 7.79. The lowest BCUT2D eigenvalue weighted by molar-refractivity contribution is 0.0872. The maximum atomic E-state index is 11.1. The Morgan fingerprint density at radius 3 is 1.39 bits per heavy atom. The summed E-state index contributed by atoms with van der Waals surface area (Å²) in [6.07, 6.45) is -0.535. The van der Waals surface area contributed by atoms with Crippen LogP contribution >= 0.6 is 0 Å². The predicted octanol–water partition coefficient (Wildman–Crippen LogP) is 6.44. The van der Waals surface area contributed by atoms with Crippen LogP contribution in [0.15, 0.2) is 24.3 Å². The van der Waals surface area contributed by atoms with Crippen molar-refractivity contribution in [2.24, 2.45) is 0 Å². The van der Waals surface area contributed by atoms with Crippen molar-refractivity contribution in [1.82, 2.24) is 0 Å². The monoisotopic (exact) mass is 384 g/mol. The van der Waals surface area contributed by atoms with Gasteiger partial charge in [0, 0.05) is 17.7 Å². The third kappa shape index (κ3) is 4.52. The molecule has 0 aromatic heterocycles. The van der Waals surface area contributed by atoms with E-state index in [1.54, 1.807) is 0 Å². The van der Waals surface area contributed by atoms with Gasteiger partial charge in [-0.1, -0.05) is 64.8 Å². The molecule has 0 bridgehead atoms. The summed E-state index contributed by atoms with van der Waals surface area (Å²) in [7, 11) is 0. The minimum atomic E-state index is -0.535. The van der Waals surface area contributed by atoms with Crippen molar-refractivity contribution in [3.63, 3.8) is 0 Å². The standard InChI is InChI=1S/C25H36O3/c1-10-28-23(17-11-15(2)13-19(21(17)26)24(4,5)6)18-12-16(3)14-20(22(18)27)25(7,8)9/h11-14,23,26-27H,10H2,1-9H3. The van der Waals surface area contributed by atoms with Gasteiger partial charge in [-0.05, 0) is 54.9 Å². The zero-order valence-electron chi connectivity index (χ0n) is 18.9. The molecule has 0 radical (unpaired) electrons. The Bertz CT molecular complexity index is 782. The topological polar surface area (TPSA) is 49.7 Å². The van der Waals surface area contributed by atoms with Crippen molar-refractivity contribution < 1.29 is 14.9 Å². The molecular formula is C25H36O3. The number of benzene rings is 2. The molecule has 0 amide bonds. The first-order valence-electron chi connectivity index (χ1n) is 10.1. The molecule has 0 aliphatic heterocycles. The summed E-state index contributed by atoms with van der Waals surface area (Å²) >= 11 is 0. The molecule has 0 aliphatic rings. The van der Waals surface area contributed by atoms with Crippen molar-refractivity contribution in [1.29, 1.82) is 0 Å². The number of hydrogen-bond donors (Lipinski definition) is 2. The number of rotatable bonds is 4. The zero-order valence-corrected chi connectivity index (χ0v) is 18.9. The number of aromatic hydroxyl groups is 2. The van der Waals surface area contributed by atoms with Gasteiger partial charge < -0.3 is 14.9 Å². The van der Waals surface area contributed by atoms with Gasteiger partial charge >= 0.3 is 0 Å². The van der Waals surface area contributed by atoms with E-state index >= 15 is 0 Å². The quantitative estimate of drug-likeness (QED) is 0.638. The van der Waals surface area contributed by atoms with Crippen LogP contribution in [0.2, 0.25) is 0 Å². The molecule has 0 heterocycles. The molecule has 0 aliphatic carbocycles. The zero-order chi connectivity index (χ0) is 21.4. The Balaban J connectivity index is 2.79. The van der Waals surface area contributed by atoms with Gasteiger partial charge in [0.25, 0.3) is 0 Å². The van der Waals surface area contributed by atoms with Crippen LogP contribution in [0.5, 0.6) is 11.5 Å². The summed E-state index contributed by atoms with van der Waals surface area (Å²) in [4.78, 5) is 0. The summed E-state index contributed by atoms with van der Waals surface area (Å²) in [6.45, 7) is 19.0. The normalized spacial score (nSPS) is 12.6. The van der Waals surface area contributed by atoms with Crippen LogP contribution in [0.4, 0.5) is 0 Å². The summed E-state index contributed by atoms with van der Waals surface area (Å²) in [5.74, 6) is 0.490. The molecule has 2 aromatic rings. The van der Waals surface area contributed by atoms with Crippen LogP contribution in [0, 0.1) is 13.8 Å². The highest BCUT2D eigenvalue weighted by Gasteiger charge is 2.29. The lowest BCUT2D eigenvalue weighted by Crippen LogP contribution is -2.17. The maximum Gasteiger partial charge on any atom is 0.125 e. The molecule has 2 N–H and O–H groups in total. The van der Waals surface area contributed by atoms with Gasteiger partial charge in [-0.2, -0.15) is 0 Å². The third-order valence-corrected chi connectivity index (χ3v) is 5.08. The van der Waals surface area contributed by atoms with Gasteiger partial charge in [-0.25, -0.2) is 0 Å². The summed E-state index contributed by atoms with van der Waals surface area (Å²) in [5, 5.41) is 22.3. The van der Waals surface area contributed by atoms with Gasteiger partial charge in [0.2, 0.25) is 0 Å². The number of aryl methyl sites for hydroxylation is 2. The van der Waals surface area contributed by atoms with Crippen LogP contribution in [0.25, 0.3) is 0 Å². The fraction of sp³-hybridized carbons (Fsp3) is 0.520. The molecular weight excluding hydrogens is 348 g/mol. The molecule has 0 unspecified atom stereocenters. The Kier molecular flexibility index (Phi) is 6.20. The number of phenolic OH excluding ortho intramolecular Hbond substituents is 2. The maximum absolute atomic E-state index is 11.1. The minimum Gasteiger partial charge on any atom is -0.507 e. The lowest BCUT2D eigenvalue weighted by Gasteiger charge is -2.29. The van der Waals surface area contributed by atoms with Crippen LogP contribution < -0.4 is 0 Å². The van der Waals surface area contributed by atoms with Gasteiger partial charge in [0.05, 0.1) is 0 Å². The fourth-order valence-electron chi connectivity index (χ4n) is 3.67. The second-order valence-electron chi connectivity index (χ2n) is 9.84. The average Bonchev–Trinajstić information content (AvgIpc) is 2.54. The largest absolute Gasteiger partial charge is 0.507 e. The molecule has 0 saturated carbocycles. The summed E-state index contributed by atoms with van der Waals surface area (Å²) in [5.41, 5.74) is 4.89. The van der Waals surface area contributed by atoms with Crippen molar-refractivity contribution in [3.05, 3.63) is 57.6 Å². The Morgan fingerprint density at radius 1 is 0.750 bits per heavy atom. The van der Waals surface area contributed by atoms with Crippen molar-refractivity contribution in [2.45, 2.75) is 79.2 Å². The Labute approximate surface area is 170 Å². The van der Waals surface area contributed by atoms with Crippen LogP contribution in [-0.2, 0) is 15.6 Å². The van der Waals surface area contributed by atoms with E-state index in [0.29, 0.717) is 17.7 Å². The first-order valence-corrected chi connectivity index (χ1v) is 10.1. The van der Waals surface area contributed by atoms with E-state index < -0.39 is 6.10 Å². The molecule has 0 spiro atoms. The van der Waals surface area contributed by atoms with Crippen molar-refractivity contribution in [3.8, 4) is 11.5 Å². The predicted molar refractivity (Wildman–Crippen MR) is 117 cm³/mol. The Hall–Kier alpha value is -2.00. The van der Waals surface area contributed by atoms with E-state index in [-0.39, 0.29) is 22.3 Å². The van der Waals surface area contributed by atoms with E-state index in [2.05, 4.69) is 41.5 Å². The van der Waals surface area contributed by atoms with Crippen molar-refractivity contribution >= 4 is 0 Å².